The number of nitrogens with one attached hydrogen (secondary N) is 1. The Bertz CT molecular complexity index is 491. The van der Waals surface area contributed by atoms with E-state index in [9.17, 15) is 8.42 Å². The molecule has 0 bridgehead atoms. The van der Waals surface area contributed by atoms with Gasteiger partial charge in [0.1, 0.15) is 21.4 Å². The summed E-state index contributed by atoms with van der Waals surface area (Å²) in [6, 6.07) is -0.192. The van der Waals surface area contributed by atoms with Crippen LogP contribution in [0, 0.1) is 20.8 Å². The van der Waals surface area contributed by atoms with Crippen LogP contribution < -0.4 is 11.3 Å². The average Bonchev–Trinajstić information content (AvgIpc) is 2.43. The van der Waals surface area contributed by atoms with Crippen LogP contribution in [0.2, 0.25) is 0 Å². The molecule has 0 spiro atoms. The number of hydrogen-bond donors (Lipinski definition) is 2. The molecule has 17 heavy (non-hydrogen) atoms. The van der Waals surface area contributed by atoms with Crippen LogP contribution in [0.25, 0.3) is 0 Å². The fraction of sp³-hybridized carbons (Fsp3) is 0.636. The molecule has 0 saturated heterocycles. The third kappa shape index (κ3) is 3.55. The Labute approximate surface area is 102 Å². The highest BCUT2D eigenvalue weighted by atomic mass is 32.2. The smallest absolute Gasteiger partial charge is 0.147 e. The lowest BCUT2D eigenvalue weighted by Crippen LogP contribution is -2.30. The summed E-state index contributed by atoms with van der Waals surface area (Å²) >= 11 is 0. The highest BCUT2D eigenvalue weighted by Gasteiger charge is 2.21. The normalized spacial score (nSPS) is 13.9. The lowest BCUT2D eigenvalue weighted by atomic mass is 10.0. The molecule has 0 aliphatic rings. The van der Waals surface area contributed by atoms with Gasteiger partial charge in [-0.15, -0.1) is 0 Å². The SMILES string of the molecule is Cc1oc(C)c(C(CCS(C)(=O)=O)NN)c1C. The molecular weight excluding hydrogens is 240 g/mol. The van der Waals surface area contributed by atoms with Gasteiger partial charge in [0.25, 0.3) is 0 Å². The van der Waals surface area contributed by atoms with Gasteiger partial charge in [-0.2, -0.15) is 0 Å². The minimum absolute atomic E-state index is 0.102. The van der Waals surface area contributed by atoms with E-state index in [1.807, 2.05) is 20.8 Å². The molecule has 1 heterocycles. The molecule has 3 N–H and O–H groups in total. The molecule has 0 fully saturated rings. The van der Waals surface area contributed by atoms with Crippen molar-refractivity contribution in [3.63, 3.8) is 0 Å². The minimum Gasteiger partial charge on any atom is -0.466 e. The first-order chi connectivity index (χ1) is 7.76. The van der Waals surface area contributed by atoms with Crippen LogP contribution >= 0.6 is 0 Å². The molecule has 1 rings (SSSR count). The van der Waals surface area contributed by atoms with Gasteiger partial charge in [0.2, 0.25) is 0 Å². The maximum absolute atomic E-state index is 11.2. The zero-order valence-electron chi connectivity index (χ0n) is 10.7. The number of rotatable bonds is 5. The molecule has 98 valence electrons. The summed E-state index contributed by atoms with van der Waals surface area (Å²) in [6.07, 6.45) is 1.66. The Morgan fingerprint density at radius 1 is 1.29 bits per heavy atom. The molecule has 6 heteroatoms. The first-order valence-corrected chi connectivity index (χ1v) is 7.52. The molecule has 1 atom stereocenters. The predicted octanol–water partition coefficient (Wildman–Crippen LogP) is 1.14. The fourth-order valence-corrected chi connectivity index (χ4v) is 2.63. The highest BCUT2D eigenvalue weighted by Crippen LogP contribution is 2.28. The Hall–Kier alpha value is -0.850. The summed E-state index contributed by atoms with van der Waals surface area (Å²) in [6.45, 7) is 5.70. The number of aryl methyl sites for hydroxylation is 2. The van der Waals surface area contributed by atoms with Crippen molar-refractivity contribution in [1.82, 2.24) is 5.43 Å². The molecule has 1 aromatic heterocycles. The summed E-state index contributed by atoms with van der Waals surface area (Å²) in [5.74, 6) is 7.23. The van der Waals surface area contributed by atoms with Crippen molar-refractivity contribution >= 4 is 9.84 Å². The Morgan fingerprint density at radius 3 is 2.24 bits per heavy atom. The number of sulfone groups is 1. The average molecular weight is 260 g/mol. The second kappa shape index (κ2) is 5.20. The van der Waals surface area contributed by atoms with E-state index in [-0.39, 0.29) is 11.8 Å². The number of nitrogens with two attached hydrogens (primary N) is 1. The number of hydrazine groups is 1. The van der Waals surface area contributed by atoms with Gasteiger partial charge < -0.3 is 4.42 Å². The standard InChI is InChI=1S/C11H20N2O3S/c1-7-8(2)16-9(3)11(7)10(13-12)5-6-17(4,14)15/h10,13H,5-6,12H2,1-4H3. The Kier molecular flexibility index (Phi) is 4.35. The molecule has 0 amide bonds. The molecule has 0 aromatic carbocycles. The summed E-state index contributed by atoms with van der Waals surface area (Å²) in [5, 5.41) is 0. The van der Waals surface area contributed by atoms with E-state index in [1.54, 1.807) is 0 Å². The molecule has 0 aliphatic carbocycles. The predicted molar refractivity (Wildman–Crippen MR) is 67.3 cm³/mol. The van der Waals surface area contributed by atoms with Crippen LogP contribution in [0.5, 0.6) is 0 Å². The van der Waals surface area contributed by atoms with E-state index in [0.29, 0.717) is 6.42 Å². The topological polar surface area (TPSA) is 85.3 Å². The van der Waals surface area contributed by atoms with Crippen LogP contribution in [-0.4, -0.2) is 20.4 Å². The van der Waals surface area contributed by atoms with Gasteiger partial charge in [-0.3, -0.25) is 11.3 Å². The van der Waals surface area contributed by atoms with E-state index in [2.05, 4.69) is 5.43 Å². The van der Waals surface area contributed by atoms with Gasteiger partial charge >= 0.3 is 0 Å². The summed E-state index contributed by atoms with van der Waals surface area (Å²) in [4.78, 5) is 0. The molecule has 0 aliphatic heterocycles. The van der Waals surface area contributed by atoms with Crippen LogP contribution in [0.1, 0.15) is 35.1 Å². The zero-order chi connectivity index (χ0) is 13.2. The van der Waals surface area contributed by atoms with E-state index in [0.717, 1.165) is 22.6 Å². The van der Waals surface area contributed by atoms with Crippen LogP contribution in [0.4, 0.5) is 0 Å². The summed E-state index contributed by atoms with van der Waals surface area (Å²) in [5.41, 5.74) is 4.65. The fourth-order valence-electron chi connectivity index (χ4n) is 1.96. The van der Waals surface area contributed by atoms with Crippen LogP contribution in [0.3, 0.4) is 0 Å². The molecule has 1 aromatic rings. The molecule has 0 saturated carbocycles. The highest BCUT2D eigenvalue weighted by molar-refractivity contribution is 7.90. The minimum atomic E-state index is -2.98. The van der Waals surface area contributed by atoms with Crippen molar-refractivity contribution in [2.45, 2.75) is 33.2 Å². The first kappa shape index (κ1) is 14.2. The quantitative estimate of drug-likeness (QED) is 0.612. The largest absolute Gasteiger partial charge is 0.466 e. The maximum Gasteiger partial charge on any atom is 0.147 e. The van der Waals surface area contributed by atoms with Gasteiger partial charge in [-0.25, -0.2) is 8.42 Å². The number of hydrogen-bond acceptors (Lipinski definition) is 5. The van der Waals surface area contributed by atoms with Crippen LogP contribution in [0.15, 0.2) is 4.42 Å². The van der Waals surface area contributed by atoms with Crippen molar-refractivity contribution in [3.8, 4) is 0 Å². The second-order valence-corrected chi connectivity index (χ2v) is 6.65. The van der Waals surface area contributed by atoms with Gasteiger partial charge in [-0.05, 0) is 32.8 Å². The van der Waals surface area contributed by atoms with E-state index >= 15 is 0 Å². The first-order valence-electron chi connectivity index (χ1n) is 5.46. The van der Waals surface area contributed by atoms with Gasteiger partial charge in [-0.1, -0.05) is 0 Å². The lowest BCUT2D eigenvalue weighted by molar-refractivity contribution is 0.480. The van der Waals surface area contributed by atoms with E-state index < -0.39 is 9.84 Å². The van der Waals surface area contributed by atoms with Crippen molar-refractivity contribution in [2.24, 2.45) is 5.84 Å². The Morgan fingerprint density at radius 2 is 1.88 bits per heavy atom. The number of furan rings is 1. The molecule has 1 unspecified atom stereocenters. The molecular formula is C11H20N2O3S. The van der Waals surface area contributed by atoms with Gasteiger partial charge in [0.15, 0.2) is 0 Å². The molecule has 0 radical (unpaired) electrons. The van der Waals surface area contributed by atoms with Crippen molar-refractivity contribution < 1.29 is 12.8 Å². The van der Waals surface area contributed by atoms with Crippen molar-refractivity contribution in [1.29, 1.82) is 0 Å². The van der Waals surface area contributed by atoms with E-state index in [1.165, 1.54) is 6.26 Å². The van der Waals surface area contributed by atoms with Crippen LogP contribution in [-0.2, 0) is 9.84 Å². The third-order valence-electron chi connectivity index (χ3n) is 2.94. The zero-order valence-corrected chi connectivity index (χ0v) is 11.5. The van der Waals surface area contributed by atoms with Crippen molar-refractivity contribution in [2.75, 3.05) is 12.0 Å². The summed E-state index contributed by atoms with van der Waals surface area (Å²) < 4.78 is 27.8. The monoisotopic (exact) mass is 260 g/mol. The van der Waals surface area contributed by atoms with E-state index in [4.69, 9.17) is 10.3 Å². The maximum atomic E-state index is 11.2. The van der Waals surface area contributed by atoms with Crippen molar-refractivity contribution in [3.05, 3.63) is 22.6 Å². The van der Waals surface area contributed by atoms with Gasteiger partial charge in [0.05, 0.1) is 11.8 Å². The lowest BCUT2D eigenvalue weighted by Gasteiger charge is -2.15. The second-order valence-electron chi connectivity index (χ2n) is 4.39. The molecule has 5 nitrogen and oxygen atoms in total. The van der Waals surface area contributed by atoms with Gasteiger partial charge in [0, 0.05) is 11.8 Å². The Balaban J connectivity index is 2.94. The third-order valence-corrected chi connectivity index (χ3v) is 3.92. The summed E-state index contributed by atoms with van der Waals surface area (Å²) in [7, 11) is -2.98.